The van der Waals surface area contributed by atoms with Gasteiger partial charge in [-0.1, -0.05) is 114 Å². The van der Waals surface area contributed by atoms with Gasteiger partial charge in [0, 0.05) is 103 Å². The molecule has 0 N–H and O–H groups in total. The van der Waals surface area contributed by atoms with Crippen LogP contribution >= 0.6 is 22.7 Å². The highest BCUT2D eigenvalue weighted by Crippen LogP contribution is 2.55. The summed E-state index contributed by atoms with van der Waals surface area (Å²) >= 11 is 3.17. The molecule has 0 saturated heterocycles. The van der Waals surface area contributed by atoms with E-state index in [0.717, 1.165) is 161 Å². The summed E-state index contributed by atoms with van der Waals surface area (Å²) in [6.07, 6.45) is 19.4. The van der Waals surface area contributed by atoms with Gasteiger partial charge in [0.15, 0.2) is 0 Å². The largest absolute Gasteiger partial charge is 0.274 e. The molecule has 5 aromatic carbocycles. The maximum absolute atomic E-state index is 15.4. The Morgan fingerprint density at radius 3 is 1.07 bits per heavy atom. The van der Waals surface area contributed by atoms with Crippen molar-refractivity contribution in [2.24, 2.45) is 0 Å². The number of hydrogen-bond donors (Lipinski definition) is 0. The first-order chi connectivity index (χ1) is 39.3. The van der Waals surface area contributed by atoms with Crippen molar-refractivity contribution in [1.82, 2.24) is 29.7 Å². The number of aromatic nitrogens is 4. The zero-order valence-corrected chi connectivity index (χ0v) is 46.5. The van der Waals surface area contributed by atoms with E-state index in [-0.39, 0.29) is 23.6 Å². The second kappa shape index (κ2) is 21.7. The van der Waals surface area contributed by atoms with Gasteiger partial charge in [0.1, 0.15) is 0 Å². The van der Waals surface area contributed by atoms with Crippen LogP contribution in [0, 0.1) is 0 Å². The van der Waals surface area contributed by atoms with Crippen LogP contribution < -0.4 is 0 Å². The molecular weight excluding hydrogens is 1030 g/mol. The number of hydrogen-bond acceptors (Lipinski definition) is 10. The standard InChI is InChI=1S/C68H58N6O4S2/c1-3-5-7-9-11-21-35-73-65(75)43-29-27-41-58-48(56-40-46(52-24-14-18-32-70-52)64(80-56)54-26-16-20-34-72-54)38-50-60-44(66(76)74(68(50)78)36-22-12-10-8-6-4-2)30-28-42(62(58)60)57-47(37-49(67(73)77)59(43)61(41)57)55-39-45(51-23-13-17-31-69-51)63(79-55)53-25-15-19-33-71-53/h13-20,23-34,37-40H,3-12,21-22,35-36H2,1-2H3. The molecule has 0 saturated carbocycles. The van der Waals surface area contributed by atoms with Gasteiger partial charge < -0.3 is 0 Å². The van der Waals surface area contributed by atoms with Gasteiger partial charge in [-0.25, -0.2) is 0 Å². The van der Waals surface area contributed by atoms with Crippen LogP contribution in [-0.2, 0) is 0 Å². The van der Waals surface area contributed by atoms with Crippen LogP contribution in [0.15, 0.2) is 146 Å². The topological polar surface area (TPSA) is 126 Å². The van der Waals surface area contributed by atoms with E-state index in [1.165, 1.54) is 9.80 Å². The molecule has 0 radical (unpaired) electrons. The Morgan fingerprint density at radius 1 is 0.338 bits per heavy atom. The Balaban J connectivity index is 1.12. The Hall–Kier alpha value is -8.32. The first-order valence-corrected chi connectivity index (χ1v) is 29.9. The lowest BCUT2D eigenvalue weighted by atomic mass is 9.79. The maximum Gasteiger partial charge on any atom is 0.261 e. The predicted molar refractivity (Wildman–Crippen MR) is 325 cm³/mol. The van der Waals surface area contributed by atoms with Gasteiger partial charge in [0.25, 0.3) is 23.6 Å². The molecule has 4 amide bonds. The van der Waals surface area contributed by atoms with E-state index in [9.17, 15) is 0 Å². The Bertz CT molecular complexity index is 3810. The summed E-state index contributed by atoms with van der Waals surface area (Å²) in [6.45, 7) is 5.04. The number of imide groups is 2. The van der Waals surface area contributed by atoms with Gasteiger partial charge in [0.2, 0.25) is 0 Å². The fraction of sp³-hybridized carbons (Fsp3) is 0.235. The molecule has 12 heteroatoms. The SMILES string of the molecule is CCCCCCCCN1C(=O)c2ccc3c4c(-c5cc(-c6ccccn6)c(-c6ccccn6)s5)cc5c6c(ccc(c7c(-c8cc(-c9ccccn9)c(-c9ccccn9)s8)cc(c2c37)C1=O)c64)C(=O)N(CCCCCCCC)C5=O. The van der Waals surface area contributed by atoms with E-state index in [2.05, 4.69) is 26.0 Å². The highest BCUT2D eigenvalue weighted by molar-refractivity contribution is 7.20. The molecule has 2 aliphatic rings. The third kappa shape index (κ3) is 8.76. The molecule has 13 rings (SSSR count). The Labute approximate surface area is 472 Å². The number of pyridine rings is 4. The van der Waals surface area contributed by atoms with Gasteiger partial charge in [-0.2, -0.15) is 0 Å². The summed E-state index contributed by atoms with van der Waals surface area (Å²) in [5, 5.41) is 6.07. The smallest absolute Gasteiger partial charge is 0.261 e. The number of benzene rings is 5. The fourth-order valence-electron chi connectivity index (χ4n) is 12.3. The highest BCUT2D eigenvalue weighted by atomic mass is 32.1. The zero-order valence-electron chi connectivity index (χ0n) is 44.9. The van der Waals surface area contributed by atoms with Crippen molar-refractivity contribution < 1.29 is 19.2 Å². The van der Waals surface area contributed by atoms with Gasteiger partial charge in [-0.3, -0.25) is 48.9 Å². The molecule has 396 valence electrons. The van der Waals surface area contributed by atoms with Gasteiger partial charge in [-0.15, -0.1) is 22.7 Å². The summed E-state index contributed by atoms with van der Waals surface area (Å²) in [6, 6.07) is 39.7. The lowest BCUT2D eigenvalue weighted by Gasteiger charge is -2.31. The quantitative estimate of drug-likeness (QED) is 0.0320. The average Bonchev–Trinajstić information content (AvgIpc) is 2.11. The van der Waals surface area contributed by atoms with Crippen LogP contribution in [0.2, 0.25) is 0 Å². The molecule has 2 aliphatic heterocycles. The lowest BCUT2D eigenvalue weighted by Crippen LogP contribution is -2.41. The molecule has 10 nitrogen and oxygen atoms in total. The molecule has 80 heavy (non-hydrogen) atoms. The predicted octanol–water partition coefficient (Wildman–Crippen LogP) is 17.4. The van der Waals surface area contributed by atoms with Crippen molar-refractivity contribution >= 4 is 89.4 Å². The number of amides is 4. The molecule has 11 aromatic rings. The normalized spacial score (nSPS) is 13.4. The molecule has 0 aliphatic carbocycles. The van der Waals surface area contributed by atoms with E-state index < -0.39 is 0 Å². The van der Waals surface area contributed by atoms with Crippen LogP contribution in [-0.4, -0.2) is 66.5 Å². The minimum absolute atomic E-state index is 0.302. The molecule has 0 fully saturated rings. The van der Waals surface area contributed by atoms with E-state index >= 15 is 19.2 Å². The summed E-state index contributed by atoms with van der Waals surface area (Å²) < 4.78 is 0. The first kappa shape index (κ1) is 51.1. The summed E-state index contributed by atoms with van der Waals surface area (Å²) in [7, 11) is 0. The van der Waals surface area contributed by atoms with Gasteiger partial charge in [0.05, 0.1) is 32.5 Å². The molecular formula is C68H58N6O4S2. The minimum atomic E-state index is -0.316. The summed E-state index contributed by atoms with van der Waals surface area (Å²) in [5.41, 5.74) is 8.41. The number of nitrogens with zero attached hydrogens (tertiary/aromatic N) is 6. The number of carbonyl (C=O) groups is 4. The summed E-state index contributed by atoms with van der Waals surface area (Å²) in [5.74, 6) is -1.24. The zero-order chi connectivity index (χ0) is 54.4. The minimum Gasteiger partial charge on any atom is -0.274 e. The average molecular weight is 1090 g/mol. The van der Waals surface area contributed by atoms with Crippen LogP contribution in [0.4, 0.5) is 0 Å². The van der Waals surface area contributed by atoms with Crippen molar-refractivity contribution in [3.63, 3.8) is 0 Å². The fourth-order valence-corrected chi connectivity index (χ4v) is 14.6. The first-order valence-electron chi connectivity index (χ1n) is 28.3. The lowest BCUT2D eigenvalue weighted by molar-refractivity contribution is 0.0592. The van der Waals surface area contributed by atoms with Crippen molar-refractivity contribution in [2.75, 3.05) is 13.1 Å². The molecule has 0 spiro atoms. The number of unbranched alkanes of at least 4 members (excludes halogenated alkanes) is 10. The molecule has 0 atom stereocenters. The summed E-state index contributed by atoms with van der Waals surface area (Å²) in [4.78, 5) is 86.8. The van der Waals surface area contributed by atoms with Crippen LogP contribution in [0.1, 0.15) is 132 Å². The van der Waals surface area contributed by atoms with E-state index in [1.54, 1.807) is 47.5 Å². The van der Waals surface area contributed by atoms with Crippen molar-refractivity contribution in [3.8, 4) is 64.5 Å². The molecule has 8 heterocycles. The third-order valence-electron chi connectivity index (χ3n) is 16.1. The molecule has 6 aromatic heterocycles. The second-order valence-electron chi connectivity index (χ2n) is 21.1. The van der Waals surface area contributed by atoms with Gasteiger partial charge in [-0.05, 0) is 130 Å². The van der Waals surface area contributed by atoms with Crippen LogP contribution in [0.3, 0.4) is 0 Å². The molecule has 0 bridgehead atoms. The van der Waals surface area contributed by atoms with Crippen LogP contribution in [0.5, 0.6) is 0 Å². The monoisotopic (exact) mass is 1090 g/mol. The maximum atomic E-state index is 15.4. The van der Waals surface area contributed by atoms with Crippen molar-refractivity contribution in [3.05, 3.63) is 168 Å². The highest BCUT2D eigenvalue weighted by Gasteiger charge is 2.39. The number of rotatable bonds is 20. The van der Waals surface area contributed by atoms with E-state index in [4.69, 9.17) is 19.9 Å². The third-order valence-corrected chi connectivity index (χ3v) is 18.5. The van der Waals surface area contributed by atoms with Crippen LogP contribution in [0.25, 0.3) is 108 Å². The van der Waals surface area contributed by atoms with Crippen molar-refractivity contribution in [1.29, 1.82) is 0 Å². The number of thiophene rings is 2. The number of carbonyl (C=O) groups excluding carboxylic acids is 4. The number of fused-ring (bicyclic) bond motifs is 2. The molecule has 0 unspecified atom stereocenters. The Kier molecular flexibility index (Phi) is 13.9. The van der Waals surface area contributed by atoms with Crippen molar-refractivity contribution in [2.45, 2.75) is 90.9 Å². The van der Waals surface area contributed by atoms with Gasteiger partial charge >= 0.3 is 0 Å². The van der Waals surface area contributed by atoms with E-state index in [1.807, 2.05) is 109 Å². The second-order valence-corrected chi connectivity index (χ2v) is 23.2. The Morgan fingerprint density at radius 2 is 0.700 bits per heavy atom. The van der Waals surface area contributed by atoms with E-state index in [0.29, 0.717) is 59.0 Å².